The molecule has 2 heterocycles. The van der Waals surface area contributed by atoms with Crippen LogP contribution in [0.2, 0.25) is 0 Å². The van der Waals surface area contributed by atoms with Gasteiger partial charge in [0.2, 0.25) is 0 Å². The zero-order valence-electron chi connectivity index (χ0n) is 9.08. The first-order valence-corrected chi connectivity index (χ1v) is 6.49. The molecule has 0 N–H and O–H groups in total. The maximum atomic E-state index is 11.0. The van der Waals surface area contributed by atoms with Crippen molar-refractivity contribution in [3.63, 3.8) is 0 Å². The van der Waals surface area contributed by atoms with Crippen LogP contribution in [-0.2, 0) is 17.8 Å². The van der Waals surface area contributed by atoms with Crippen molar-refractivity contribution in [2.24, 2.45) is 0 Å². The molecule has 0 radical (unpaired) electrons. The second kappa shape index (κ2) is 5.08. The van der Waals surface area contributed by atoms with E-state index in [4.69, 9.17) is 5.26 Å². The first-order chi connectivity index (χ1) is 8.22. The Labute approximate surface area is 106 Å². The smallest absolute Gasteiger partial charge is 0.194 e. The number of aromatic nitrogens is 2. The molecular weight excluding hydrogens is 254 g/mol. The van der Waals surface area contributed by atoms with E-state index in [1.165, 1.54) is 11.3 Å². The summed E-state index contributed by atoms with van der Waals surface area (Å²) in [6.45, 7) is 2.46. The average molecular weight is 263 g/mol. The van der Waals surface area contributed by atoms with E-state index in [0.717, 1.165) is 11.3 Å². The van der Waals surface area contributed by atoms with Crippen molar-refractivity contribution in [3.05, 3.63) is 44.6 Å². The lowest BCUT2D eigenvalue weighted by molar-refractivity contribution is 0.694. The van der Waals surface area contributed by atoms with Crippen LogP contribution in [-0.4, -0.2) is 13.8 Å². The van der Waals surface area contributed by atoms with Gasteiger partial charge in [-0.25, -0.2) is 9.19 Å². The van der Waals surface area contributed by atoms with Crippen molar-refractivity contribution in [2.45, 2.75) is 13.5 Å². The Morgan fingerprint density at radius 1 is 1.65 bits per heavy atom. The summed E-state index contributed by atoms with van der Waals surface area (Å²) in [6, 6.07) is 5.79. The number of thiazole rings is 1. The van der Waals surface area contributed by atoms with Gasteiger partial charge in [-0.15, -0.1) is 11.3 Å². The fraction of sp³-hybridized carbons (Fsp3) is 0.182. The molecule has 2 rings (SSSR count). The molecule has 0 amide bonds. The van der Waals surface area contributed by atoms with E-state index in [1.54, 1.807) is 0 Å². The number of hydrogen-bond acceptors (Lipinski definition) is 4. The molecule has 0 aliphatic carbocycles. The second-order valence-electron chi connectivity index (χ2n) is 3.51. The third-order valence-corrected chi connectivity index (χ3v) is 3.54. The Morgan fingerprint density at radius 2 is 2.47 bits per heavy atom. The lowest BCUT2D eigenvalue weighted by atomic mass is 10.3. The van der Waals surface area contributed by atoms with E-state index < -0.39 is 0 Å². The highest BCUT2D eigenvalue weighted by atomic mass is 32.1. The number of nitriles is 1. The van der Waals surface area contributed by atoms with Crippen LogP contribution in [0.25, 0.3) is 0 Å². The third kappa shape index (κ3) is 2.70. The van der Waals surface area contributed by atoms with Crippen molar-refractivity contribution in [3.8, 4) is 6.07 Å². The predicted octanol–water partition coefficient (Wildman–Crippen LogP) is 1.92. The van der Waals surface area contributed by atoms with Gasteiger partial charge in [0.05, 0.1) is 12.2 Å². The highest BCUT2D eigenvalue weighted by Gasteiger charge is 2.02. The van der Waals surface area contributed by atoms with Gasteiger partial charge >= 0.3 is 0 Å². The average Bonchev–Trinajstić information content (AvgIpc) is 2.79. The van der Waals surface area contributed by atoms with Gasteiger partial charge in [0, 0.05) is 11.6 Å². The number of hydrogen-bond donors (Lipinski definition) is 0. The fourth-order valence-electron chi connectivity index (χ4n) is 1.41. The molecule has 4 nitrogen and oxygen atoms in total. The number of rotatable bonds is 2. The van der Waals surface area contributed by atoms with Gasteiger partial charge in [0.1, 0.15) is 22.0 Å². The van der Waals surface area contributed by atoms with Crippen LogP contribution in [0.4, 0.5) is 0 Å². The van der Waals surface area contributed by atoms with E-state index in [2.05, 4.69) is 4.98 Å². The van der Waals surface area contributed by atoms with Gasteiger partial charge < -0.3 is 4.57 Å². The highest BCUT2D eigenvalue weighted by Crippen LogP contribution is 2.10. The molecule has 0 atom stereocenters. The molecule has 2 aromatic heterocycles. The molecule has 17 heavy (non-hydrogen) atoms. The quantitative estimate of drug-likeness (QED) is 0.778. The van der Waals surface area contributed by atoms with E-state index in [9.17, 15) is 4.21 Å². The van der Waals surface area contributed by atoms with E-state index in [-0.39, 0.29) is 0 Å². The summed E-state index contributed by atoms with van der Waals surface area (Å²) in [5.74, 6) is 0. The number of aryl methyl sites for hydroxylation is 1. The summed E-state index contributed by atoms with van der Waals surface area (Å²) in [4.78, 5) is 4.15. The maximum Gasteiger partial charge on any atom is 0.194 e. The zero-order valence-corrected chi connectivity index (χ0v) is 10.7. The molecule has 86 valence electrons. The fourth-order valence-corrected chi connectivity index (χ4v) is 2.47. The van der Waals surface area contributed by atoms with Gasteiger partial charge in [-0.1, -0.05) is 0 Å². The topological polar surface area (TPSA) is 58.7 Å². The molecule has 0 bridgehead atoms. The van der Waals surface area contributed by atoms with Crippen molar-refractivity contribution in [1.29, 1.82) is 5.26 Å². The molecule has 0 unspecified atom stereocenters. The van der Waals surface area contributed by atoms with E-state index >= 15 is 0 Å². The van der Waals surface area contributed by atoms with Crippen LogP contribution >= 0.6 is 11.3 Å². The third-order valence-electron chi connectivity index (χ3n) is 2.22. The molecular formula is C11H9N3OS2. The maximum absolute atomic E-state index is 11.0. The van der Waals surface area contributed by atoms with Crippen LogP contribution in [0.1, 0.15) is 16.3 Å². The van der Waals surface area contributed by atoms with Crippen molar-refractivity contribution >= 4 is 22.6 Å². The molecule has 0 saturated carbocycles. The Balaban J connectivity index is 2.37. The summed E-state index contributed by atoms with van der Waals surface area (Å²) in [5.41, 5.74) is 1.85. The summed E-state index contributed by atoms with van der Waals surface area (Å²) in [5, 5.41) is 11.0. The monoisotopic (exact) mass is 263 g/mol. The van der Waals surface area contributed by atoms with Gasteiger partial charge in [-0.3, -0.25) is 0 Å². The normalized spacial score (nSPS) is 9.88. The molecule has 2 aromatic rings. The molecule has 0 aromatic carbocycles. The van der Waals surface area contributed by atoms with Gasteiger partial charge in [0.15, 0.2) is 5.01 Å². The molecule has 0 fully saturated rings. The standard InChI is InChI=1S/C11H9N3OS2/c1-8-2-3-14(11(4-8)17-15)6-9-7-16-10(5-12)13-9/h2-4,7H,6H2,1H3. The van der Waals surface area contributed by atoms with Gasteiger partial charge in [0.25, 0.3) is 0 Å². The molecule has 0 aliphatic heterocycles. The van der Waals surface area contributed by atoms with Crippen molar-refractivity contribution < 1.29 is 4.21 Å². The van der Waals surface area contributed by atoms with Gasteiger partial charge in [-0.05, 0) is 24.6 Å². The lowest BCUT2D eigenvalue weighted by Gasteiger charge is -2.04. The molecule has 0 spiro atoms. The van der Waals surface area contributed by atoms with Crippen molar-refractivity contribution in [1.82, 2.24) is 9.55 Å². The SMILES string of the molecule is Cc1ccn(Cc2csc(C#N)n2)c(=S=O)c1. The molecule has 6 heteroatoms. The minimum atomic E-state index is 0.448. The highest BCUT2D eigenvalue weighted by molar-refractivity contribution is 7.56. The molecule has 0 saturated heterocycles. The minimum absolute atomic E-state index is 0.448. The van der Waals surface area contributed by atoms with Crippen LogP contribution in [0.15, 0.2) is 23.7 Å². The Hall–Kier alpha value is -1.71. The number of nitrogens with zero attached hydrogens (tertiary/aromatic N) is 3. The number of pyridine rings is 1. The largest absolute Gasteiger partial charge is 0.331 e. The second-order valence-corrected chi connectivity index (χ2v) is 4.95. The Kier molecular flexibility index (Phi) is 3.52. The van der Waals surface area contributed by atoms with Crippen LogP contribution in [0, 0.1) is 22.9 Å². The van der Waals surface area contributed by atoms with Crippen molar-refractivity contribution in [2.75, 3.05) is 0 Å². The van der Waals surface area contributed by atoms with Gasteiger partial charge in [-0.2, -0.15) is 5.26 Å². The zero-order chi connectivity index (χ0) is 12.3. The molecule has 0 aliphatic rings. The minimum Gasteiger partial charge on any atom is -0.331 e. The lowest BCUT2D eigenvalue weighted by Crippen LogP contribution is -2.02. The summed E-state index contributed by atoms with van der Waals surface area (Å²) < 4.78 is 13.5. The van der Waals surface area contributed by atoms with Crippen LogP contribution in [0.5, 0.6) is 0 Å². The van der Waals surface area contributed by atoms with E-state index in [1.807, 2.05) is 41.3 Å². The first-order valence-electron chi connectivity index (χ1n) is 4.87. The Morgan fingerprint density at radius 3 is 3.12 bits per heavy atom. The van der Waals surface area contributed by atoms with E-state index in [0.29, 0.717) is 27.4 Å². The first kappa shape index (κ1) is 11.8. The van der Waals surface area contributed by atoms with Crippen LogP contribution in [0.3, 0.4) is 0 Å². The summed E-state index contributed by atoms with van der Waals surface area (Å²) in [6.07, 6.45) is 1.86. The van der Waals surface area contributed by atoms with Crippen LogP contribution < -0.4 is 0 Å². The summed E-state index contributed by atoms with van der Waals surface area (Å²) in [7, 11) is 0. The summed E-state index contributed by atoms with van der Waals surface area (Å²) >= 11 is 1.78. The Bertz CT molecular complexity index is 675. The predicted molar refractivity (Wildman–Crippen MR) is 66.5 cm³/mol.